The first-order chi connectivity index (χ1) is 21.3. The summed E-state index contributed by atoms with van der Waals surface area (Å²) in [5.41, 5.74) is -0.332. The van der Waals surface area contributed by atoms with E-state index in [0.29, 0.717) is 50.4 Å². The fourth-order valence-electron chi connectivity index (χ4n) is 8.11. The van der Waals surface area contributed by atoms with Gasteiger partial charge in [-0.3, -0.25) is 9.69 Å². The van der Waals surface area contributed by atoms with Gasteiger partial charge in [-0.25, -0.2) is 0 Å². The van der Waals surface area contributed by atoms with E-state index in [4.69, 9.17) is 14.2 Å². The highest BCUT2D eigenvalue weighted by atomic mass is 19.4. The number of fused-ring (bicyclic) bond motifs is 3. The summed E-state index contributed by atoms with van der Waals surface area (Å²) in [4.78, 5) is 14.3. The second-order valence-electron chi connectivity index (χ2n) is 13.3. The predicted octanol–water partition coefficient (Wildman–Crippen LogP) is 7.68. The van der Waals surface area contributed by atoms with Gasteiger partial charge in [0.25, 0.3) is 0 Å². The number of hydrogen-bond donors (Lipinski definition) is 0. The first kappa shape index (κ1) is 32.2. The van der Waals surface area contributed by atoms with Gasteiger partial charge in [0.15, 0.2) is 0 Å². The van der Waals surface area contributed by atoms with Gasteiger partial charge in [0.05, 0.1) is 37.4 Å². The van der Waals surface area contributed by atoms with Gasteiger partial charge >= 0.3 is 18.3 Å². The number of alkyl halides is 6. The van der Waals surface area contributed by atoms with Crippen LogP contribution in [0.15, 0.2) is 36.4 Å². The highest BCUT2D eigenvalue weighted by Crippen LogP contribution is 2.49. The number of hydrogen-bond acceptors (Lipinski definition) is 5. The number of aryl methyl sites for hydroxylation is 1. The molecule has 246 valence electrons. The first-order valence-electron chi connectivity index (χ1n) is 15.7. The molecular weight excluding hydrogens is 600 g/mol. The summed E-state index contributed by atoms with van der Waals surface area (Å²) in [6.07, 6.45) is -5.91. The number of carbonyl (C=O) groups is 1. The Hall–Kier alpha value is -2.79. The lowest BCUT2D eigenvalue weighted by atomic mass is 9.71. The van der Waals surface area contributed by atoms with Gasteiger partial charge in [0.1, 0.15) is 11.9 Å². The average molecular weight is 640 g/mol. The minimum Gasteiger partial charge on any atom is -0.490 e. The molecular formula is C34H39F6NO4. The minimum atomic E-state index is -4.78. The molecule has 5 nitrogen and oxygen atoms in total. The molecule has 3 aliphatic heterocycles. The van der Waals surface area contributed by atoms with Crippen molar-refractivity contribution in [2.75, 3.05) is 33.4 Å². The van der Waals surface area contributed by atoms with E-state index in [1.807, 2.05) is 11.8 Å². The summed E-state index contributed by atoms with van der Waals surface area (Å²) >= 11 is 0. The molecule has 0 amide bonds. The van der Waals surface area contributed by atoms with Crippen LogP contribution in [0, 0.1) is 29.6 Å². The van der Waals surface area contributed by atoms with Crippen molar-refractivity contribution >= 4 is 5.97 Å². The molecule has 6 rings (SSSR count). The average Bonchev–Trinajstić information content (AvgIpc) is 3.83. The summed E-state index contributed by atoms with van der Waals surface area (Å²) in [6, 6.07) is 7.07. The molecule has 3 unspecified atom stereocenters. The fourth-order valence-corrected chi connectivity index (χ4v) is 8.11. The van der Waals surface area contributed by atoms with Crippen LogP contribution in [0.5, 0.6) is 5.75 Å². The summed E-state index contributed by atoms with van der Waals surface area (Å²) in [6.45, 7) is 5.07. The topological polar surface area (TPSA) is 48.0 Å². The molecule has 3 fully saturated rings. The summed E-state index contributed by atoms with van der Waals surface area (Å²) in [7, 11) is 1.41. The quantitative estimate of drug-likeness (QED) is 0.230. The maximum Gasteiger partial charge on any atom is 0.416 e. The van der Waals surface area contributed by atoms with Crippen LogP contribution in [-0.2, 0) is 33.0 Å². The zero-order valence-corrected chi connectivity index (χ0v) is 25.6. The zero-order valence-electron chi connectivity index (χ0n) is 25.6. The van der Waals surface area contributed by atoms with Gasteiger partial charge in [-0.15, -0.1) is 0 Å². The summed E-state index contributed by atoms with van der Waals surface area (Å²) in [5, 5.41) is 0. The van der Waals surface area contributed by atoms with Crippen molar-refractivity contribution in [3.8, 4) is 5.75 Å². The number of nitrogens with zero attached hydrogens (tertiary/aromatic N) is 1. The molecule has 0 radical (unpaired) electrons. The largest absolute Gasteiger partial charge is 0.490 e. The maximum absolute atomic E-state index is 13.9. The van der Waals surface area contributed by atoms with Gasteiger partial charge in [0.2, 0.25) is 0 Å². The lowest BCUT2D eigenvalue weighted by molar-refractivity contribution is -0.146. The number of rotatable bonds is 7. The van der Waals surface area contributed by atoms with E-state index < -0.39 is 29.5 Å². The van der Waals surface area contributed by atoms with Crippen LogP contribution < -0.4 is 4.74 Å². The van der Waals surface area contributed by atoms with Crippen molar-refractivity contribution in [2.45, 2.75) is 69.9 Å². The number of esters is 1. The standard InChI is InChI=1S/C34H39F6NO4/c1-18(32(42)43-3)30(21-5-6-21)22-7-4-20-8-11-28(45-29(20)12-22)31-23-14-41(15-24(31)17-44-16-23)19(2)26-13-25(33(35,36)37)9-10-27(26)34(38,39)40/h4,7,9-10,12-13,18-19,21,23-24,28,30-31H,5-6,8,11,14-17H2,1-3H3/t18-,19+,23?,24?,28?,30-,31?/m0/s1. The number of ether oxygens (including phenoxy) is 3. The van der Waals surface area contributed by atoms with E-state index in [2.05, 4.69) is 18.2 Å². The van der Waals surface area contributed by atoms with Crippen LogP contribution in [0.1, 0.15) is 72.9 Å². The van der Waals surface area contributed by atoms with Crippen molar-refractivity contribution in [1.82, 2.24) is 4.90 Å². The van der Waals surface area contributed by atoms with Crippen molar-refractivity contribution in [2.24, 2.45) is 29.6 Å². The molecule has 1 aliphatic carbocycles. The Balaban J connectivity index is 1.22. The van der Waals surface area contributed by atoms with Crippen LogP contribution in [-0.4, -0.2) is 50.4 Å². The van der Waals surface area contributed by atoms with Crippen LogP contribution in [0.4, 0.5) is 26.3 Å². The molecule has 11 heteroatoms. The van der Waals surface area contributed by atoms with Crippen molar-refractivity contribution in [3.63, 3.8) is 0 Å². The molecule has 0 spiro atoms. The highest BCUT2D eigenvalue weighted by molar-refractivity contribution is 5.73. The number of piperidine rings is 1. The number of carbonyl (C=O) groups excluding carboxylic acids is 1. The van der Waals surface area contributed by atoms with Crippen molar-refractivity contribution < 1.29 is 45.3 Å². The van der Waals surface area contributed by atoms with Crippen LogP contribution in [0.3, 0.4) is 0 Å². The molecule has 2 saturated heterocycles. The fraction of sp³-hybridized carbons (Fsp3) is 0.618. The Morgan fingerprint density at radius 2 is 1.62 bits per heavy atom. The predicted molar refractivity (Wildman–Crippen MR) is 154 cm³/mol. The van der Waals surface area contributed by atoms with E-state index in [1.165, 1.54) is 7.11 Å². The highest BCUT2D eigenvalue weighted by Gasteiger charge is 2.48. The maximum atomic E-state index is 13.9. The molecule has 3 heterocycles. The van der Waals surface area contributed by atoms with Gasteiger partial charge in [0, 0.05) is 36.9 Å². The molecule has 0 aromatic heterocycles. The normalized spacial score (nSPS) is 27.6. The lowest BCUT2D eigenvalue weighted by Crippen LogP contribution is -2.57. The van der Waals surface area contributed by atoms with Crippen LogP contribution >= 0.6 is 0 Å². The molecule has 2 aromatic carbocycles. The zero-order chi connectivity index (χ0) is 32.3. The third-order valence-corrected chi connectivity index (χ3v) is 10.5. The van der Waals surface area contributed by atoms with Crippen molar-refractivity contribution in [1.29, 1.82) is 0 Å². The molecule has 2 bridgehead atoms. The molecule has 4 aliphatic rings. The molecule has 6 atom stereocenters. The molecule has 0 N–H and O–H groups in total. The molecule has 1 saturated carbocycles. The number of halogens is 6. The van der Waals surface area contributed by atoms with Crippen molar-refractivity contribution in [3.05, 3.63) is 64.2 Å². The Morgan fingerprint density at radius 1 is 0.933 bits per heavy atom. The van der Waals surface area contributed by atoms with E-state index >= 15 is 0 Å². The third kappa shape index (κ3) is 6.44. The van der Waals surface area contributed by atoms with E-state index in [-0.39, 0.29) is 47.2 Å². The number of likely N-dealkylation sites (tertiary alicyclic amines) is 1. The third-order valence-electron chi connectivity index (χ3n) is 10.5. The SMILES string of the molecule is COC(=O)[C@@H](C)[C@H](c1ccc2c(c1)OC(C1C3COCC1CN([C@H](C)c1cc(C(F)(F)F)ccc1C(F)(F)F)C3)CC2)C1CC1. The number of benzene rings is 2. The second kappa shape index (κ2) is 12.1. The Morgan fingerprint density at radius 3 is 2.22 bits per heavy atom. The Kier molecular flexibility index (Phi) is 8.65. The smallest absolute Gasteiger partial charge is 0.416 e. The van der Waals surface area contributed by atoms with Crippen LogP contribution in [0.25, 0.3) is 0 Å². The van der Waals surface area contributed by atoms with E-state index in [0.717, 1.165) is 42.6 Å². The van der Waals surface area contributed by atoms with E-state index in [9.17, 15) is 31.1 Å². The Labute approximate surface area is 259 Å². The summed E-state index contributed by atoms with van der Waals surface area (Å²) in [5.74, 6) is 0.760. The van der Waals surface area contributed by atoms with Gasteiger partial charge in [-0.1, -0.05) is 19.1 Å². The summed E-state index contributed by atoms with van der Waals surface area (Å²) < 4.78 is 100.0. The molecule has 45 heavy (non-hydrogen) atoms. The van der Waals surface area contributed by atoms with Gasteiger partial charge < -0.3 is 14.2 Å². The minimum absolute atomic E-state index is 0.0432. The van der Waals surface area contributed by atoms with Gasteiger partial charge in [-0.2, -0.15) is 26.3 Å². The lowest BCUT2D eigenvalue weighted by Gasteiger charge is -2.51. The Bertz CT molecular complexity index is 1390. The van der Waals surface area contributed by atoms with E-state index in [1.54, 1.807) is 6.92 Å². The second-order valence-corrected chi connectivity index (χ2v) is 13.3. The van der Waals surface area contributed by atoms with Crippen LogP contribution in [0.2, 0.25) is 0 Å². The number of methoxy groups -OCH3 is 1. The first-order valence-corrected chi connectivity index (χ1v) is 15.7. The molecule has 2 aromatic rings. The van der Waals surface area contributed by atoms with Gasteiger partial charge in [-0.05, 0) is 85.4 Å². The monoisotopic (exact) mass is 639 g/mol.